The second-order valence-corrected chi connectivity index (χ2v) is 5.60. The molecule has 0 unspecified atom stereocenters. The number of hydrogen-bond donors (Lipinski definition) is 1. The zero-order valence-corrected chi connectivity index (χ0v) is 12.5. The minimum absolute atomic E-state index is 0.316. The second-order valence-electron chi connectivity index (χ2n) is 5.60. The Balaban J connectivity index is 2.28. The molecule has 1 amide bonds. The molecule has 0 aliphatic heterocycles. The topological polar surface area (TPSA) is 43.1 Å². The number of halogens is 2. The van der Waals surface area contributed by atoms with Crippen molar-refractivity contribution in [2.75, 3.05) is 0 Å². The van der Waals surface area contributed by atoms with E-state index in [0.29, 0.717) is 19.3 Å². The van der Waals surface area contributed by atoms with E-state index >= 15 is 0 Å². The standard InChI is InChI=1S/C18H19F2NO/c1-2-18(17(21)22,11-13-3-7-15(19)8-4-13)12-14-5-9-16(20)10-6-14/h3-10H,2,11-12H2,1H3,(H2,21,22). The molecule has 2 N–H and O–H groups in total. The molecule has 2 aromatic carbocycles. The molecule has 0 atom stereocenters. The number of primary amides is 1. The molecule has 0 saturated carbocycles. The van der Waals surface area contributed by atoms with Crippen molar-refractivity contribution in [3.8, 4) is 0 Å². The molecule has 2 nitrogen and oxygen atoms in total. The van der Waals surface area contributed by atoms with Crippen LogP contribution in [0, 0.1) is 17.0 Å². The average Bonchev–Trinajstić information content (AvgIpc) is 2.50. The van der Waals surface area contributed by atoms with Crippen molar-refractivity contribution < 1.29 is 13.6 Å². The van der Waals surface area contributed by atoms with E-state index in [9.17, 15) is 13.6 Å². The zero-order chi connectivity index (χ0) is 16.2. The molecule has 0 radical (unpaired) electrons. The summed E-state index contributed by atoms with van der Waals surface area (Å²) in [7, 11) is 0. The monoisotopic (exact) mass is 303 g/mol. The van der Waals surface area contributed by atoms with E-state index in [1.54, 1.807) is 24.3 Å². The first-order chi connectivity index (χ1) is 10.4. The van der Waals surface area contributed by atoms with Gasteiger partial charge in [-0.15, -0.1) is 0 Å². The molecule has 4 heteroatoms. The van der Waals surface area contributed by atoms with Crippen LogP contribution in [0.2, 0.25) is 0 Å². The van der Waals surface area contributed by atoms with Crippen molar-refractivity contribution in [3.63, 3.8) is 0 Å². The van der Waals surface area contributed by atoms with Crippen molar-refractivity contribution in [3.05, 3.63) is 71.3 Å². The molecule has 0 aliphatic carbocycles. The Kier molecular flexibility index (Phi) is 4.91. The number of carbonyl (C=O) groups excluding carboxylic acids is 1. The van der Waals surface area contributed by atoms with Crippen LogP contribution in [0.15, 0.2) is 48.5 Å². The number of rotatable bonds is 6. The third-order valence-electron chi connectivity index (χ3n) is 4.11. The number of carbonyl (C=O) groups is 1. The lowest BCUT2D eigenvalue weighted by Gasteiger charge is -2.30. The fourth-order valence-electron chi connectivity index (χ4n) is 2.65. The summed E-state index contributed by atoms with van der Waals surface area (Å²) in [6, 6.07) is 12.1. The molecule has 0 heterocycles. The van der Waals surface area contributed by atoms with Gasteiger partial charge >= 0.3 is 0 Å². The van der Waals surface area contributed by atoms with Crippen LogP contribution in [0.1, 0.15) is 24.5 Å². The Bertz CT molecular complexity index is 588. The molecule has 0 spiro atoms. The van der Waals surface area contributed by atoms with Gasteiger partial charge in [0.2, 0.25) is 5.91 Å². The Hall–Kier alpha value is -2.23. The first kappa shape index (κ1) is 16.1. The highest BCUT2D eigenvalue weighted by Crippen LogP contribution is 2.31. The average molecular weight is 303 g/mol. The van der Waals surface area contributed by atoms with Crippen molar-refractivity contribution in [1.29, 1.82) is 0 Å². The highest BCUT2D eigenvalue weighted by Gasteiger charge is 2.35. The lowest BCUT2D eigenvalue weighted by Crippen LogP contribution is -2.40. The fraction of sp³-hybridized carbons (Fsp3) is 0.278. The van der Waals surface area contributed by atoms with Gasteiger partial charge in [0.1, 0.15) is 11.6 Å². The largest absolute Gasteiger partial charge is 0.369 e. The predicted molar refractivity (Wildman–Crippen MR) is 82.1 cm³/mol. The summed E-state index contributed by atoms with van der Waals surface area (Å²) in [5.41, 5.74) is 6.58. The third kappa shape index (κ3) is 3.70. The number of amides is 1. The molecule has 0 aromatic heterocycles. The molecule has 116 valence electrons. The van der Waals surface area contributed by atoms with Gasteiger partial charge in [-0.25, -0.2) is 8.78 Å². The predicted octanol–water partition coefficient (Wildman–Crippen LogP) is 3.63. The zero-order valence-electron chi connectivity index (χ0n) is 12.5. The van der Waals surface area contributed by atoms with Crippen molar-refractivity contribution in [2.45, 2.75) is 26.2 Å². The molecule has 0 bridgehead atoms. The quantitative estimate of drug-likeness (QED) is 0.870. The Morgan fingerprint density at radius 1 is 0.909 bits per heavy atom. The van der Waals surface area contributed by atoms with Gasteiger partial charge in [-0.2, -0.15) is 0 Å². The molecule has 0 aliphatic rings. The maximum atomic E-state index is 13.0. The summed E-state index contributed by atoms with van der Waals surface area (Å²) < 4.78 is 26.0. The molecule has 0 fully saturated rings. The normalized spacial score (nSPS) is 11.4. The van der Waals surface area contributed by atoms with E-state index in [1.165, 1.54) is 24.3 Å². The van der Waals surface area contributed by atoms with E-state index in [2.05, 4.69) is 0 Å². The second kappa shape index (κ2) is 6.69. The van der Waals surface area contributed by atoms with E-state index in [0.717, 1.165) is 11.1 Å². The lowest BCUT2D eigenvalue weighted by molar-refractivity contribution is -0.127. The van der Waals surface area contributed by atoms with Gasteiger partial charge in [-0.1, -0.05) is 31.2 Å². The van der Waals surface area contributed by atoms with E-state index < -0.39 is 11.3 Å². The van der Waals surface area contributed by atoms with Gasteiger partial charge in [-0.3, -0.25) is 4.79 Å². The highest BCUT2D eigenvalue weighted by molar-refractivity contribution is 5.81. The Morgan fingerprint density at radius 2 is 1.27 bits per heavy atom. The molecule has 2 rings (SSSR count). The summed E-state index contributed by atoms with van der Waals surface area (Å²) in [6.07, 6.45) is 1.41. The highest BCUT2D eigenvalue weighted by atomic mass is 19.1. The van der Waals surface area contributed by atoms with Gasteiger partial charge in [0, 0.05) is 0 Å². The Morgan fingerprint density at radius 3 is 1.55 bits per heavy atom. The maximum absolute atomic E-state index is 13.0. The van der Waals surface area contributed by atoms with Gasteiger partial charge in [0.05, 0.1) is 5.41 Å². The number of hydrogen-bond acceptors (Lipinski definition) is 1. The molecular formula is C18H19F2NO. The third-order valence-corrected chi connectivity index (χ3v) is 4.11. The summed E-state index contributed by atoms with van der Waals surface area (Å²) in [5.74, 6) is -1.03. The minimum atomic E-state index is -0.768. The number of nitrogens with two attached hydrogens (primary N) is 1. The van der Waals surface area contributed by atoms with Crippen molar-refractivity contribution >= 4 is 5.91 Å². The summed E-state index contributed by atoms with van der Waals surface area (Å²) in [4.78, 5) is 12.1. The van der Waals surface area contributed by atoms with Crippen LogP contribution >= 0.6 is 0 Å². The van der Waals surface area contributed by atoms with Crippen LogP contribution in [0.25, 0.3) is 0 Å². The minimum Gasteiger partial charge on any atom is -0.369 e. The van der Waals surface area contributed by atoms with Crippen LogP contribution in [0.4, 0.5) is 8.78 Å². The maximum Gasteiger partial charge on any atom is 0.224 e. The smallest absolute Gasteiger partial charge is 0.224 e. The first-order valence-corrected chi connectivity index (χ1v) is 7.24. The lowest BCUT2D eigenvalue weighted by atomic mass is 9.74. The van der Waals surface area contributed by atoms with Gasteiger partial charge in [0.15, 0.2) is 0 Å². The Labute approximate surface area is 129 Å². The van der Waals surface area contributed by atoms with Crippen LogP contribution in [-0.2, 0) is 17.6 Å². The van der Waals surface area contributed by atoms with Gasteiger partial charge in [0.25, 0.3) is 0 Å². The van der Waals surface area contributed by atoms with Crippen LogP contribution in [0.5, 0.6) is 0 Å². The van der Waals surface area contributed by atoms with E-state index in [1.807, 2.05) is 6.92 Å². The van der Waals surface area contributed by atoms with Gasteiger partial charge < -0.3 is 5.73 Å². The van der Waals surface area contributed by atoms with E-state index in [-0.39, 0.29) is 11.6 Å². The SMILES string of the molecule is CCC(Cc1ccc(F)cc1)(Cc1ccc(F)cc1)C(N)=O. The summed E-state index contributed by atoms with van der Waals surface area (Å²) in [5, 5.41) is 0. The van der Waals surface area contributed by atoms with Crippen LogP contribution < -0.4 is 5.73 Å². The molecule has 0 saturated heterocycles. The summed E-state index contributed by atoms with van der Waals surface area (Å²) >= 11 is 0. The molecular weight excluding hydrogens is 284 g/mol. The fourth-order valence-corrected chi connectivity index (χ4v) is 2.65. The molecule has 22 heavy (non-hydrogen) atoms. The summed E-state index contributed by atoms with van der Waals surface area (Å²) in [6.45, 7) is 1.90. The van der Waals surface area contributed by atoms with E-state index in [4.69, 9.17) is 5.73 Å². The van der Waals surface area contributed by atoms with Crippen LogP contribution in [-0.4, -0.2) is 5.91 Å². The van der Waals surface area contributed by atoms with Crippen molar-refractivity contribution in [2.24, 2.45) is 11.1 Å². The van der Waals surface area contributed by atoms with Gasteiger partial charge in [-0.05, 0) is 54.7 Å². The van der Waals surface area contributed by atoms with Crippen LogP contribution in [0.3, 0.4) is 0 Å². The molecule has 2 aromatic rings. The number of benzene rings is 2. The van der Waals surface area contributed by atoms with Crippen molar-refractivity contribution in [1.82, 2.24) is 0 Å². The first-order valence-electron chi connectivity index (χ1n) is 7.24.